The van der Waals surface area contributed by atoms with Crippen LogP contribution in [0, 0.1) is 0 Å². The normalized spacial score (nSPS) is 14.9. The first-order valence-corrected chi connectivity index (χ1v) is 11.7. The zero-order valence-electron chi connectivity index (χ0n) is 17.0. The molecule has 0 aliphatic carbocycles. The highest BCUT2D eigenvalue weighted by Gasteiger charge is 2.28. The van der Waals surface area contributed by atoms with E-state index >= 15 is 0 Å². The van der Waals surface area contributed by atoms with Gasteiger partial charge in [0.05, 0.1) is 12.2 Å². The molecule has 0 aliphatic rings. The number of unbranched alkanes of at least 4 members (excludes halogenated alkanes) is 9. The molecule has 0 rings (SSSR count). The molecule has 0 amide bonds. The molecule has 0 fully saturated rings. The minimum absolute atomic E-state index is 0.253. The maximum Gasteiger partial charge on any atom is 0.323 e. The number of aliphatic carboxylic acids is 1. The van der Waals surface area contributed by atoms with Crippen molar-refractivity contribution in [1.29, 1.82) is 0 Å². The largest absolute Gasteiger partial charge is 0.480 e. The number of hydrogen-bond donors (Lipinski definition) is 3. The molecule has 0 aromatic carbocycles. The third-order valence-corrected chi connectivity index (χ3v) is 5.09. The van der Waals surface area contributed by atoms with Crippen molar-refractivity contribution in [2.24, 2.45) is 0 Å². The molecule has 0 aliphatic heterocycles. The molecular formula is C20H41NO4S. The van der Waals surface area contributed by atoms with E-state index in [1.807, 2.05) is 6.26 Å². The topological polar surface area (TPSA) is 78.8 Å². The standard InChI is InChI=1S/C20H41NO4S/c1-4-5-6-7-8-9-10-11-12-13-14-25-18(16-26-3)19(20(23)24)21-15-17(2)22/h17-19,21-22H,4-16H2,1-3H3,(H,23,24). The number of rotatable bonds is 19. The molecule has 0 aromatic heterocycles. The summed E-state index contributed by atoms with van der Waals surface area (Å²) in [5.41, 5.74) is 0. The fourth-order valence-corrected chi connectivity index (χ4v) is 3.52. The van der Waals surface area contributed by atoms with Gasteiger partial charge in [0, 0.05) is 18.9 Å². The minimum atomic E-state index is -0.923. The molecule has 0 heterocycles. The summed E-state index contributed by atoms with van der Waals surface area (Å²) in [4.78, 5) is 11.5. The molecule has 6 heteroatoms. The molecule has 5 nitrogen and oxygen atoms in total. The van der Waals surface area contributed by atoms with E-state index in [2.05, 4.69) is 12.2 Å². The molecule has 3 atom stereocenters. The average Bonchev–Trinajstić information content (AvgIpc) is 2.59. The van der Waals surface area contributed by atoms with Crippen LogP contribution in [0.25, 0.3) is 0 Å². The van der Waals surface area contributed by atoms with Crippen molar-refractivity contribution >= 4 is 17.7 Å². The molecule has 0 saturated heterocycles. The van der Waals surface area contributed by atoms with Crippen LogP contribution in [0.4, 0.5) is 0 Å². The van der Waals surface area contributed by atoms with Crippen LogP contribution in [-0.2, 0) is 9.53 Å². The van der Waals surface area contributed by atoms with Gasteiger partial charge >= 0.3 is 5.97 Å². The zero-order valence-corrected chi connectivity index (χ0v) is 17.9. The molecule has 0 bridgehead atoms. The SMILES string of the molecule is CCCCCCCCCCCCOC(CSC)C(NCC(C)O)C(=O)O. The number of aliphatic hydroxyl groups is 1. The van der Waals surface area contributed by atoms with E-state index in [4.69, 9.17) is 4.74 Å². The van der Waals surface area contributed by atoms with Crippen molar-refractivity contribution in [1.82, 2.24) is 5.32 Å². The Hall–Kier alpha value is -0.300. The van der Waals surface area contributed by atoms with Crippen LogP contribution in [0.15, 0.2) is 0 Å². The fourth-order valence-electron chi connectivity index (χ4n) is 2.90. The molecule has 0 spiro atoms. The van der Waals surface area contributed by atoms with Crippen LogP contribution < -0.4 is 5.32 Å². The molecule has 3 N–H and O–H groups in total. The zero-order chi connectivity index (χ0) is 19.6. The Kier molecular flexibility index (Phi) is 17.9. The van der Waals surface area contributed by atoms with Crippen molar-refractivity contribution < 1.29 is 19.7 Å². The quantitative estimate of drug-likeness (QED) is 0.288. The molecular weight excluding hydrogens is 350 g/mol. The predicted octanol–water partition coefficient (Wildman–Crippen LogP) is 4.08. The summed E-state index contributed by atoms with van der Waals surface area (Å²) in [5.74, 6) is -0.297. The van der Waals surface area contributed by atoms with E-state index in [9.17, 15) is 15.0 Å². The molecule has 156 valence electrons. The summed E-state index contributed by atoms with van der Waals surface area (Å²) >= 11 is 1.58. The third kappa shape index (κ3) is 14.8. The Morgan fingerprint density at radius 2 is 1.58 bits per heavy atom. The van der Waals surface area contributed by atoms with Crippen molar-refractivity contribution in [3.63, 3.8) is 0 Å². The van der Waals surface area contributed by atoms with Gasteiger partial charge in [-0.05, 0) is 19.6 Å². The van der Waals surface area contributed by atoms with Gasteiger partial charge in [-0.1, -0.05) is 64.7 Å². The number of carboxylic acid groups (broad SMARTS) is 1. The number of hydrogen-bond acceptors (Lipinski definition) is 5. The van der Waals surface area contributed by atoms with E-state index in [1.54, 1.807) is 18.7 Å². The maximum atomic E-state index is 11.5. The lowest BCUT2D eigenvalue weighted by Gasteiger charge is -2.25. The van der Waals surface area contributed by atoms with E-state index < -0.39 is 18.1 Å². The molecule has 0 radical (unpaired) electrons. The van der Waals surface area contributed by atoms with Crippen LogP contribution in [0.3, 0.4) is 0 Å². The second-order valence-corrected chi connectivity index (χ2v) is 8.03. The third-order valence-electron chi connectivity index (χ3n) is 4.43. The van der Waals surface area contributed by atoms with E-state index in [1.165, 1.54) is 51.4 Å². The van der Waals surface area contributed by atoms with Crippen molar-refractivity contribution in [2.75, 3.05) is 25.2 Å². The second-order valence-electron chi connectivity index (χ2n) is 7.12. The lowest BCUT2D eigenvalue weighted by atomic mass is 10.1. The number of nitrogens with one attached hydrogen (secondary N) is 1. The Balaban J connectivity index is 3.89. The van der Waals surface area contributed by atoms with Gasteiger partial charge in [0.25, 0.3) is 0 Å². The molecule has 3 unspecified atom stereocenters. The second kappa shape index (κ2) is 18.1. The first-order valence-electron chi connectivity index (χ1n) is 10.3. The monoisotopic (exact) mass is 391 g/mol. The van der Waals surface area contributed by atoms with Gasteiger partial charge in [0.2, 0.25) is 0 Å². The van der Waals surface area contributed by atoms with Crippen LogP contribution >= 0.6 is 11.8 Å². The van der Waals surface area contributed by atoms with E-state index in [-0.39, 0.29) is 12.6 Å². The van der Waals surface area contributed by atoms with Gasteiger partial charge in [0.1, 0.15) is 6.04 Å². The van der Waals surface area contributed by atoms with Gasteiger partial charge in [0.15, 0.2) is 0 Å². The van der Waals surface area contributed by atoms with Crippen LogP contribution in [0.1, 0.15) is 78.1 Å². The highest BCUT2D eigenvalue weighted by molar-refractivity contribution is 7.98. The van der Waals surface area contributed by atoms with Crippen LogP contribution in [-0.4, -0.2) is 59.6 Å². The smallest absolute Gasteiger partial charge is 0.323 e. The lowest BCUT2D eigenvalue weighted by Crippen LogP contribution is -2.50. The minimum Gasteiger partial charge on any atom is -0.480 e. The van der Waals surface area contributed by atoms with Gasteiger partial charge < -0.3 is 14.9 Å². The number of aliphatic hydroxyl groups excluding tert-OH is 1. The van der Waals surface area contributed by atoms with Crippen LogP contribution in [0.2, 0.25) is 0 Å². The van der Waals surface area contributed by atoms with Crippen molar-refractivity contribution in [2.45, 2.75) is 96.3 Å². The first-order chi connectivity index (χ1) is 12.5. The Bertz CT molecular complexity index is 329. The predicted molar refractivity (Wildman–Crippen MR) is 111 cm³/mol. The Morgan fingerprint density at radius 3 is 2.04 bits per heavy atom. The van der Waals surface area contributed by atoms with Gasteiger partial charge in [-0.15, -0.1) is 0 Å². The highest BCUT2D eigenvalue weighted by Crippen LogP contribution is 2.12. The van der Waals surface area contributed by atoms with Crippen molar-refractivity contribution in [3.8, 4) is 0 Å². The summed E-state index contributed by atoms with van der Waals surface area (Å²) < 4.78 is 5.86. The van der Waals surface area contributed by atoms with E-state index in [0.29, 0.717) is 12.4 Å². The first kappa shape index (κ1) is 25.7. The molecule has 0 saturated carbocycles. The van der Waals surface area contributed by atoms with Crippen molar-refractivity contribution in [3.05, 3.63) is 0 Å². The van der Waals surface area contributed by atoms with Gasteiger partial charge in [-0.25, -0.2) is 0 Å². The average molecular weight is 392 g/mol. The Labute approximate surface area is 164 Å². The highest BCUT2D eigenvalue weighted by atomic mass is 32.2. The number of ether oxygens (including phenoxy) is 1. The summed E-state index contributed by atoms with van der Waals surface area (Å²) in [6, 6.07) is -0.778. The lowest BCUT2D eigenvalue weighted by molar-refractivity contribution is -0.143. The van der Waals surface area contributed by atoms with Crippen LogP contribution in [0.5, 0.6) is 0 Å². The maximum absolute atomic E-state index is 11.5. The molecule has 26 heavy (non-hydrogen) atoms. The van der Waals surface area contributed by atoms with Gasteiger partial charge in [-0.2, -0.15) is 11.8 Å². The number of thioether (sulfide) groups is 1. The number of carboxylic acids is 1. The Morgan fingerprint density at radius 1 is 1.04 bits per heavy atom. The summed E-state index contributed by atoms with van der Waals surface area (Å²) in [7, 11) is 0. The number of carbonyl (C=O) groups is 1. The van der Waals surface area contributed by atoms with Gasteiger partial charge in [-0.3, -0.25) is 10.1 Å². The molecule has 0 aromatic rings. The summed E-state index contributed by atoms with van der Waals surface area (Å²) in [5, 5.41) is 21.7. The van der Waals surface area contributed by atoms with E-state index in [0.717, 1.165) is 12.8 Å². The summed E-state index contributed by atoms with van der Waals surface area (Å²) in [6.45, 7) is 4.74. The fraction of sp³-hybridized carbons (Fsp3) is 0.950. The summed E-state index contributed by atoms with van der Waals surface area (Å²) in [6.07, 6.45) is 13.7.